The fourth-order valence-corrected chi connectivity index (χ4v) is 1.99. The fraction of sp³-hybridized carbons (Fsp3) is 0.417. The van der Waals surface area contributed by atoms with E-state index in [0.29, 0.717) is 13.0 Å². The van der Waals surface area contributed by atoms with Gasteiger partial charge >= 0.3 is 0 Å². The molecular weight excluding hydrogens is 223 g/mol. The number of aliphatic hydroxyl groups excluding tert-OH is 1. The first-order valence-electron chi connectivity index (χ1n) is 5.66. The summed E-state index contributed by atoms with van der Waals surface area (Å²) in [5.41, 5.74) is 0.771. The fourth-order valence-electron chi connectivity index (χ4n) is 1.99. The number of halogens is 1. The van der Waals surface area contributed by atoms with E-state index in [4.69, 9.17) is 5.11 Å². The molecule has 0 aliphatic carbocycles. The molecule has 1 aliphatic heterocycles. The smallest absolute Gasteiger partial charge is 0.241 e. The normalized spacial score (nSPS) is 16.5. The summed E-state index contributed by atoms with van der Waals surface area (Å²) in [5, 5.41) is 12.3. The van der Waals surface area contributed by atoms with Crippen molar-refractivity contribution >= 4 is 11.6 Å². The number of carbonyl (C=O) groups excluding carboxylic acids is 1. The molecule has 0 unspecified atom stereocenters. The molecule has 1 aliphatic rings. The summed E-state index contributed by atoms with van der Waals surface area (Å²) >= 11 is 0. The van der Waals surface area contributed by atoms with Crippen LogP contribution in [0.1, 0.15) is 12.8 Å². The summed E-state index contributed by atoms with van der Waals surface area (Å²) in [6.45, 7) is 0.900. The summed E-state index contributed by atoms with van der Waals surface area (Å²) in [4.78, 5) is 11.7. The molecule has 1 saturated heterocycles. The Kier molecular flexibility index (Phi) is 3.58. The Morgan fingerprint density at radius 1 is 1.29 bits per heavy atom. The van der Waals surface area contributed by atoms with Crippen molar-refractivity contribution in [1.29, 1.82) is 0 Å². The van der Waals surface area contributed by atoms with Gasteiger partial charge in [0.2, 0.25) is 5.91 Å². The van der Waals surface area contributed by atoms with Crippen LogP contribution in [0.3, 0.4) is 0 Å². The van der Waals surface area contributed by atoms with Gasteiger partial charge in [0.25, 0.3) is 0 Å². The van der Waals surface area contributed by atoms with Crippen molar-refractivity contribution in [3.8, 4) is 0 Å². The molecule has 1 amide bonds. The Morgan fingerprint density at radius 2 is 2.00 bits per heavy atom. The van der Waals surface area contributed by atoms with Crippen LogP contribution < -0.4 is 5.01 Å². The summed E-state index contributed by atoms with van der Waals surface area (Å²) in [7, 11) is 0. The van der Waals surface area contributed by atoms with Crippen molar-refractivity contribution < 1.29 is 14.3 Å². The zero-order valence-corrected chi connectivity index (χ0v) is 9.47. The highest BCUT2D eigenvalue weighted by molar-refractivity contribution is 5.79. The van der Waals surface area contributed by atoms with Gasteiger partial charge in [0.15, 0.2) is 0 Å². The highest BCUT2D eigenvalue weighted by Gasteiger charge is 2.25. The summed E-state index contributed by atoms with van der Waals surface area (Å²) in [6.07, 6.45) is 1.27. The lowest BCUT2D eigenvalue weighted by Gasteiger charge is -2.39. The number of nitrogens with zero attached hydrogens (tertiary/aromatic N) is 2. The van der Waals surface area contributed by atoms with Gasteiger partial charge in [-0.2, -0.15) is 0 Å². The van der Waals surface area contributed by atoms with Crippen LogP contribution in [0.5, 0.6) is 0 Å². The van der Waals surface area contributed by atoms with Crippen LogP contribution in [-0.4, -0.2) is 35.7 Å². The van der Waals surface area contributed by atoms with Crippen LogP contribution in [-0.2, 0) is 4.79 Å². The molecule has 1 N–H and O–H groups in total. The maximum Gasteiger partial charge on any atom is 0.241 e. The van der Waals surface area contributed by atoms with Gasteiger partial charge in [-0.05, 0) is 30.7 Å². The minimum Gasteiger partial charge on any atom is -0.394 e. The van der Waals surface area contributed by atoms with Crippen molar-refractivity contribution in [1.82, 2.24) is 5.01 Å². The molecule has 2 rings (SSSR count). The molecule has 1 aromatic rings. The third-order valence-corrected chi connectivity index (χ3v) is 2.78. The average molecular weight is 238 g/mol. The molecule has 0 aromatic heterocycles. The lowest BCUT2D eigenvalue weighted by atomic mass is 10.2. The Bertz CT molecular complexity index is 394. The Hall–Kier alpha value is -1.62. The zero-order valence-electron chi connectivity index (χ0n) is 9.47. The zero-order chi connectivity index (χ0) is 12.3. The van der Waals surface area contributed by atoms with Crippen LogP contribution >= 0.6 is 0 Å². The maximum absolute atomic E-state index is 12.8. The van der Waals surface area contributed by atoms with Gasteiger partial charge in [-0.15, -0.1) is 0 Å². The SMILES string of the molecule is O=C1CCCN(c2ccc(F)cc2)N1CCO. The predicted octanol–water partition coefficient (Wildman–Crippen LogP) is 1.16. The molecule has 1 heterocycles. The minimum atomic E-state index is -0.300. The van der Waals surface area contributed by atoms with Crippen LogP contribution in [0.15, 0.2) is 24.3 Å². The van der Waals surface area contributed by atoms with E-state index >= 15 is 0 Å². The van der Waals surface area contributed by atoms with Crippen LogP contribution in [0.2, 0.25) is 0 Å². The number of amides is 1. The minimum absolute atomic E-state index is 0.00498. The topological polar surface area (TPSA) is 43.8 Å². The number of carbonyl (C=O) groups is 1. The van der Waals surface area contributed by atoms with Gasteiger partial charge < -0.3 is 5.11 Å². The second kappa shape index (κ2) is 5.14. The number of aliphatic hydroxyl groups is 1. The lowest BCUT2D eigenvalue weighted by molar-refractivity contribution is -0.134. The van der Waals surface area contributed by atoms with E-state index in [9.17, 15) is 9.18 Å². The van der Waals surface area contributed by atoms with Crippen LogP contribution in [0, 0.1) is 5.82 Å². The number of anilines is 1. The van der Waals surface area contributed by atoms with Gasteiger partial charge in [0.05, 0.1) is 18.8 Å². The largest absolute Gasteiger partial charge is 0.394 e. The van der Waals surface area contributed by atoms with E-state index < -0.39 is 0 Å². The third-order valence-electron chi connectivity index (χ3n) is 2.78. The van der Waals surface area contributed by atoms with Crippen molar-refractivity contribution in [2.45, 2.75) is 12.8 Å². The molecule has 0 saturated carbocycles. The summed E-state index contributed by atoms with van der Waals surface area (Å²) < 4.78 is 12.8. The van der Waals surface area contributed by atoms with Gasteiger partial charge in [-0.1, -0.05) is 0 Å². The first-order chi connectivity index (χ1) is 8.22. The monoisotopic (exact) mass is 238 g/mol. The maximum atomic E-state index is 12.8. The Balaban J connectivity index is 2.21. The molecular formula is C12H15FN2O2. The Labute approximate surface area is 99.2 Å². The van der Waals surface area contributed by atoms with E-state index in [0.717, 1.165) is 12.1 Å². The second-order valence-corrected chi connectivity index (χ2v) is 3.94. The molecule has 17 heavy (non-hydrogen) atoms. The van der Waals surface area contributed by atoms with Crippen molar-refractivity contribution in [3.63, 3.8) is 0 Å². The predicted molar refractivity (Wildman–Crippen MR) is 61.8 cm³/mol. The van der Waals surface area contributed by atoms with Gasteiger partial charge in [-0.25, -0.2) is 4.39 Å². The number of β-amino-alcohol motifs (C(OH)–C–C–N with tert-alkyl or cyclic N) is 1. The van der Waals surface area contributed by atoms with E-state index in [-0.39, 0.29) is 24.9 Å². The lowest BCUT2D eigenvalue weighted by Crippen LogP contribution is -2.51. The van der Waals surface area contributed by atoms with Crippen molar-refractivity contribution in [2.24, 2.45) is 0 Å². The first kappa shape index (κ1) is 11.9. The van der Waals surface area contributed by atoms with Crippen molar-refractivity contribution in [2.75, 3.05) is 24.7 Å². The first-order valence-corrected chi connectivity index (χ1v) is 5.66. The molecule has 4 nitrogen and oxygen atoms in total. The van der Waals surface area contributed by atoms with Crippen molar-refractivity contribution in [3.05, 3.63) is 30.1 Å². The summed E-state index contributed by atoms with van der Waals surface area (Å²) in [6, 6.07) is 6.01. The van der Waals surface area contributed by atoms with E-state index in [1.807, 2.05) is 0 Å². The highest BCUT2D eigenvalue weighted by Crippen LogP contribution is 2.21. The van der Waals surface area contributed by atoms with E-state index in [1.165, 1.54) is 17.1 Å². The van der Waals surface area contributed by atoms with E-state index in [1.54, 1.807) is 17.1 Å². The van der Waals surface area contributed by atoms with E-state index in [2.05, 4.69) is 0 Å². The molecule has 0 radical (unpaired) electrons. The number of hydrazine groups is 1. The number of benzene rings is 1. The number of hydrogen-bond donors (Lipinski definition) is 1. The molecule has 92 valence electrons. The number of rotatable bonds is 3. The van der Waals surface area contributed by atoms with Gasteiger partial charge in [0, 0.05) is 13.0 Å². The quantitative estimate of drug-likeness (QED) is 0.859. The molecule has 1 aromatic carbocycles. The van der Waals surface area contributed by atoms with Crippen LogP contribution in [0.25, 0.3) is 0 Å². The molecule has 0 atom stereocenters. The number of hydrogen-bond acceptors (Lipinski definition) is 3. The van der Waals surface area contributed by atoms with Gasteiger partial charge in [0.1, 0.15) is 5.82 Å². The molecule has 0 spiro atoms. The molecule has 5 heteroatoms. The molecule has 0 bridgehead atoms. The average Bonchev–Trinajstić information content (AvgIpc) is 2.33. The second-order valence-electron chi connectivity index (χ2n) is 3.94. The molecule has 1 fully saturated rings. The standard InChI is InChI=1S/C12H15FN2O2/c13-10-3-5-11(6-4-10)14-7-1-2-12(17)15(14)8-9-16/h3-6,16H,1-2,7-9H2. The Morgan fingerprint density at radius 3 is 2.65 bits per heavy atom. The third kappa shape index (κ3) is 2.55. The summed E-state index contributed by atoms with van der Waals surface area (Å²) in [5.74, 6) is -0.305. The van der Waals surface area contributed by atoms with Gasteiger partial charge in [-0.3, -0.25) is 14.8 Å². The van der Waals surface area contributed by atoms with Crippen LogP contribution in [0.4, 0.5) is 10.1 Å². The highest BCUT2D eigenvalue weighted by atomic mass is 19.1.